The Hall–Kier alpha value is -0.523. The summed E-state index contributed by atoms with van der Waals surface area (Å²) in [5.41, 5.74) is 9.31. The summed E-state index contributed by atoms with van der Waals surface area (Å²) in [7, 11) is -1.73. The Labute approximate surface area is 133 Å². The molecule has 0 aliphatic heterocycles. The molecule has 20 heavy (non-hydrogen) atoms. The first-order chi connectivity index (χ1) is 9.35. The summed E-state index contributed by atoms with van der Waals surface area (Å²) >= 11 is 8.22. The number of thiocarbonyl (C=S) groups is 2. The van der Waals surface area contributed by atoms with Crippen LogP contribution in [0.3, 0.4) is 0 Å². The molecule has 122 valence electrons. The van der Waals surface area contributed by atoms with Crippen LogP contribution < -0.4 is 11.5 Å². The van der Waals surface area contributed by atoms with Crippen molar-refractivity contribution in [2.45, 2.75) is 27.7 Å². The summed E-state index contributed by atoms with van der Waals surface area (Å²) in [6, 6.07) is 0. The number of aliphatic hydroxyl groups excluding tert-OH is 1. The summed E-state index contributed by atoms with van der Waals surface area (Å²) in [5.74, 6) is 0. The highest BCUT2D eigenvalue weighted by molar-refractivity contribution is 7.80. The fourth-order valence-electron chi connectivity index (χ4n) is 0.695. The molecule has 0 rings (SSSR count). The van der Waals surface area contributed by atoms with E-state index < -0.39 is 14.7 Å². The zero-order valence-electron chi connectivity index (χ0n) is 12.5. The van der Waals surface area contributed by atoms with E-state index in [9.17, 15) is 0 Å². The zero-order valence-corrected chi connectivity index (χ0v) is 15.2. The molecule has 0 atom stereocenters. The van der Waals surface area contributed by atoms with Gasteiger partial charge in [0.25, 0.3) is 10.3 Å². The average Bonchev–Trinajstić information content (AvgIpc) is 2.30. The quantitative estimate of drug-likeness (QED) is 0.457. The number of aliphatic hydroxyl groups is 1. The Kier molecular flexibility index (Phi) is 25.5. The molecule has 5 N–H and O–H groups in total. The first-order valence-corrected chi connectivity index (χ1v) is 8.33. The predicted octanol–water partition coefficient (Wildman–Crippen LogP) is 0.868. The predicted molar refractivity (Wildman–Crippen MR) is 89.9 cm³/mol. The molecular formula is C10H26N2O5S2Si. The second-order valence-corrected chi connectivity index (χ2v) is 5.14. The van der Waals surface area contributed by atoms with Gasteiger partial charge in [-0.15, -0.1) is 0 Å². The van der Waals surface area contributed by atoms with E-state index in [1.54, 1.807) is 0 Å². The van der Waals surface area contributed by atoms with Crippen LogP contribution in [0.4, 0.5) is 0 Å². The van der Waals surface area contributed by atoms with E-state index in [2.05, 4.69) is 34.9 Å². The monoisotopic (exact) mass is 346 g/mol. The fourth-order valence-corrected chi connectivity index (χ4v) is 1.92. The summed E-state index contributed by atoms with van der Waals surface area (Å²) < 4.78 is 20.2. The van der Waals surface area contributed by atoms with Crippen LogP contribution in [-0.2, 0) is 18.0 Å². The van der Waals surface area contributed by atoms with Crippen LogP contribution in [0.25, 0.3) is 0 Å². The third-order valence-electron chi connectivity index (χ3n) is 1.19. The Bertz CT molecular complexity index is 219. The maximum absolute atomic E-state index is 7.56. The maximum atomic E-state index is 7.56. The van der Waals surface area contributed by atoms with Gasteiger partial charge in [0.05, 0.1) is 6.61 Å². The number of rotatable bonds is 7. The van der Waals surface area contributed by atoms with Crippen LogP contribution in [0.15, 0.2) is 0 Å². The van der Waals surface area contributed by atoms with Gasteiger partial charge in [0.2, 0.25) is 0 Å². The largest absolute Gasteiger partial charge is 0.487 e. The summed E-state index contributed by atoms with van der Waals surface area (Å²) in [6.45, 7) is 10.3. The molecule has 0 fully saturated rings. The lowest BCUT2D eigenvalue weighted by Gasteiger charge is -2.12. The standard InChI is InChI=1S/C6H16O3Si.C3H7NOS.CH3NOS/c1-4-7-10(8-5-2)9-6-3;1-2-5-3(4)6;2-1(3)4/h10H,4-6H2,1-3H3;2H2,1H3,(H2,4,6);(H3,2,3,4). The fraction of sp³-hybridized carbons (Fsp3) is 0.800. The molecule has 7 nitrogen and oxygen atoms in total. The molecule has 0 aromatic carbocycles. The van der Waals surface area contributed by atoms with Crippen LogP contribution in [-0.4, -0.2) is 51.4 Å². The summed E-state index contributed by atoms with van der Waals surface area (Å²) in [4.78, 5) is 0. The normalized spacial score (nSPS) is 8.85. The van der Waals surface area contributed by atoms with Crippen LogP contribution >= 0.6 is 24.4 Å². The van der Waals surface area contributed by atoms with Crippen molar-refractivity contribution in [1.82, 2.24) is 0 Å². The smallest absolute Gasteiger partial charge is 0.484 e. The minimum absolute atomic E-state index is 0.123. The van der Waals surface area contributed by atoms with Crippen molar-refractivity contribution in [3.8, 4) is 0 Å². The lowest BCUT2D eigenvalue weighted by molar-refractivity contribution is 0.107. The molecule has 0 saturated heterocycles. The molecule has 0 radical (unpaired) electrons. The highest BCUT2D eigenvalue weighted by Crippen LogP contribution is 1.91. The van der Waals surface area contributed by atoms with Crippen LogP contribution in [0.2, 0.25) is 0 Å². The summed E-state index contributed by atoms with van der Waals surface area (Å²) in [5, 5.41) is 7.19. The third-order valence-corrected chi connectivity index (χ3v) is 3.13. The molecular weight excluding hydrogens is 320 g/mol. The van der Waals surface area contributed by atoms with Gasteiger partial charge in [-0.2, -0.15) is 0 Å². The Morgan fingerprint density at radius 3 is 1.30 bits per heavy atom. The van der Waals surface area contributed by atoms with Gasteiger partial charge in [0.15, 0.2) is 0 Å². The van der Waals surface area contributed by atoms with E-state index in [0.29, 0.717) is 26.4 Å². The molecule has 0 bridgehead atoms. The lowest BCUT2D eigenvalue weighted by atomic mass is 10.9. The van der Waals surface area contributed by atoms with Gasteiger partial charge >= 0.3 is 9.53 Å². The highest BCUT2D eigenvalue weighted by atomic mass is 32.1. The van der Waals surface area contributed by atoms with Gasteiger partial charge in [-0.25, -0.2) is 0 Å². The molecule has 0 aromatic rings. The molecule has 0 spiro atoms. The van der Waals surface area contributed by atoms with Crippen molar-refractivity contribution in [3.05, 3.63) is 0 Å². The minimum Gasteiger partial charge on any atom is -0.487 e. The molecule has 0 unspecified atom stereocenters. The Morgan fingerprint density at radius 2 is 1.20 bits per heavy atom. The summed E-state index contributed by atoms with van der Waals surface area (Å²) in [6.07, 6.45) is 0. The first-order valence-electron chi connectivity index (χ1n) is 6.10. The number of nitrogens with two attached hydrogens (primary N) is 2. The van der Waals surface area contributed by atoms with Crippen molar-refractivity contribution in [3.63, 3.8) is 0 Å². The van der Waals surface area contributed by atoms with Crippen LogP contribution in [0.5, 0.6) is 0 Å². The Balaban J connectivity index is -0.000000246. The highest BCUT2D eigenvalue weighted by Gasteiger charge is 2.11. The lowest BCUT2D eigenvalue weighted by Crippen LogP contribution is -2.27. The van der Waals surface area contributed by atoms with E-state index in [4.69, 9.17) is 24.1 Å². The van der Waals surface area contributed by atoms with Crippen molar-refractivity contribution >= 4 is 44.3 Å². The van der Waals surface area contributed by atoms with Gasteiger partial charge in [-0.1, -0.05) is 0 Å². The topological polar surface area (TPSA) is 109 Å². The van der Waals surface area contributed by atoms with Gasteiger partial charge in [0.1, 0.15) is 0 Å². The maximum Gasteiger partial charge on any atom is 0.484 e. The SMILES string of the molecule is CCOC(N)=S.CCO[SiH](OCC)OCC.NC(O)=S. The van der Waals surface area contributed by atoms with Gasteiger partial charge in [-0.05, 0) is 52.1 Å². The van der Waals surface area contributed by atoms with Gasteiger partial charge < -0.3 is 34.6 Å². The van der Waals surface area contributed by atoms with Crippen LogP contribution in [0.1, 0.15) is 27.7 Å². The van der Waals surface area contributed by atoms with Gasteiger partial charge in [-0.3, -0.25) is 0 Å². The first kappa shape index (κ1) is 24.5. The molecule has 10 heteroatoms. The number of hydrogen-bond acceptors (Lipinski definition) is 6. The van der Waals surface area contributed by atoms with E-state index in [-0.39, 0.29) is 5.17 Å². The Morgan fingerprint density at radius 1 is 0.900 bits per heavy atom. The third kappa shape index (κ3) is 36.0. The van der Waals surface area contributed by atoms with Crippen molar-refractivity contribution in [1.29, 1.82) is 0 Å². The van der Waals surface area contributed by atoms with Crippen molar-refractivity contribution < 1.29 is 23.1 Å². The van der Waals surface area contributed by atoms with E-state index in [1.807, 2.05) is 27.7 Å². The molecule has 0 saturated carbocycles. The molecule has 0 aliphatic carbocycles. The van der Waals surface area contributed by atoms with Crippen molar-refractivity contribution in [2.75, 3.05) is 26.4 Å². The van der Waals surface area contributed by atoms with Gasteiger partial charge in [0, 0.05) is 19.8 Å². The van der Waals surface area contributed by atoms with E-state index in [1.165, 1.54) is 0 Å². The second-order valence-electron chi connectivity index (χ2n) is 2.74. The minimum atomic E-state index is -1.73. The molecule has 0 aliphatic rings. The molecule has 0 amide bonds. The van der Waals surface area contributed by atoms with E-state index in [0.717, 1.165) is 0 Å². The van der Waals surface area contributed by atoms with E-state index >= 15 is 0 Å². The number of hydrogen-bond donors (Lipinski definition) is 3. The average molecular weight is 347 g/mol. The van der Waals surface area contributed by atoms with Crippen molar-refractivity contribution in [2.24, 2.45) is 11.5 Å². The second kappa shape index (κ2) is 20.8. The number of ether oxygens (including phenoxy) is 1. The molecule has 0 aromatic heterocycles. The molecule has 0 heterocycles. The zero-order chi connectivity index (χ0) is 16.4. The van der Waals surface area contributed by atoms with Crippen LogP contribution in [0, 0.1) is 0 Å².